The first-order chi connectivity index (χ1) is 11.1. The normalized spacial score (nSPS) is 21.6. The molecule has 0 spiro atoms. The Morgan fingerprint density at radius 1 is 1.04 bits per heavy atom. The minimum atomic E-state index is -0.830. The van der Waals surface area contributed by atoms with Gasteiger partial charge in [0, 0.05) is 11.4 Å². The minimum Gasteiger partial charge on any atom is -0.481 e. The number of carboxylic acid groups (broad SMARTS) is 1. The third kappa shape index (κ3) is 3.50. The van der Waals surface area contributed by atoms with Crippen molar-refractivity contribution in [1.29, 1.82) is 0 Å². The Balaban J connectivity index is 1.79. The average molecular weight is 312 g/mol. The summed E-state index contributed by atoms with van der Waals surface area (Å²) < 4.78 is 0. The van der Waals surface area contributed by atoms with Crippen LogP contribution in [0.4, 0.5) is 0 Å². The number of carboxylic acids is 1. The average Bonchev–Trinajstić information content (AvgIpc) is 2.80. The standard InChI is InChI=1S/C18H20N2O3/c21-17(16-11-10-12-6-4-5-8-14(12)19-16)20-15-9-3-1-2-7-13(15)18(22)23/h4-6,8,10-11,13,15H,1-3,7,9H2,(H,20,21)(H,22,23)/t13-,15+/m1/s1. The molecule has 1 heterocycles. The third-order valence-electron chi connectivity index (χ3n) is 4.48. The van der Waals surface area contributed by atoms with Gasteiger partial charge in [-0.15, -0.1) is 0 Å². The number of nitrogens with zero attached hydrogens (tertiary/aromatic N) is 1. The number of aliphatic carboxylic acids is 1. The summed E-state index contributed by atoms with van der Waals surface area (Å²) in [4.78, 5) is 28.3. The Morgan fingerprint density at radius 2 is 1.83 bits per heavy atom. The number of rotatable bonds is 3. The Labute approximate surface area is 134 Å². The molecule has 120 valence electrons. The molecule has 0 radical (unpaired) electrons. The van der Waals surface area contributed by atoms with Gasteiger partial charge in [-0.1, -0.05) is 43.5 Å². The van der Waals surface area contributed by atoms with Crippen molar-refractivity contribution in [3.05, 3.63) is 42.1 Å². The van der Waals surface area contributed by atoms with Crippen LogP contribution in [0.25, 0.3) is 10.9 Å². The first-order valence-electron chi connectivity index (χ1n) is 8.04. The van der Waals surface area contributed by atoms with Crippen LogP contribution in [0, 0.1) is 5.92 Å². The van der Waals surface area contributed by atoms with Crippen LogP contribution >= 0.6 is 0 Å². The molecule has 1 fully saturated rings. The van der Waals surface area contributed by atoms with Crippen LogP contribution in [0.3, 0.4) is 0 Å². The molecule has 23 heavy (non-hydrogen) atoms. The van der Waals surface area contributed by atoms with E-state index in [4.69, 9.17) is 0 Å². The highest BCUT2D eigenvalue weighted by Crippen LogP contribution is 2.24. The van der Waals surface area contributed by atoms with E-state index in [2.05, 4.69) is 10.3 Å². The van der Waals surface area contributed by atoms with Crippen molar-refractivity contribution in [2.24, 2.45) is 5.92 Å². The predicted octanol–water partition coefficient (Wildman–Crippen LogP) is 3.00. The molecule has 2 atom stereocenters. The highest BCUT2D eigenvalue weighted by atomic mass is 16.4. The molecule has 1 saturated carbocycles. The fraction of sp³-hybridized carbons (Fsp3) is 0.389. The van der Waals surface area contributed by atoms with Gasteiger partial charge in [0.05, 0.1) is 11.4 Å². The van der Waals surface area contributed by atoms with Crippen LogP contribution in [0.5, 0.6) is 0 Å². The molecule has 3 rings (SSSR count). The van der Waals surface area contributed by atoms with Gasteiger partial charge in [0.15, 0.2) is 0 Å². The third-order valence-corrected chi connectivity index (χ3v) is 4.48. The SMILES string of the molecule is O=C(N[C@H]1CCCCC[C@H]1C(=O)O)c1ccc2ccccc2n1. The summed E-state index contributed by atoms with van der Waals surface area (Å²) in [5.74, 6) is -1.64. The van der Waals surface area contributed by atoms with Crippen molar-refractivity contribution in [2.75, 3.05) is 0 Å². The Morgan fingerprint density at radius 3 is 2.65 bits per heavy atom. The molecule has 5 heteroatoms. The lowest BCUT2D eigenvalue weighted by molar-refractivity contribution is -0.142. The molecule has 1 aliphatic carbocycles. The number of carbonyl (C=O) groups excluding carboxylic acids is 1. The molecule has 2 N–H and O–H groups in total. The van der Waals surface area contributed by atoms with E-state index in [-0.39, 0.29) is 11.9 Å². The van der Waals surface area contributed by atoms with E-state index in [9.17, 15) is 14.7 Å². The second-order valence-electron chi connectivity index (χ2n) is 6.05. The van der Waals surface area contributed by atoms with E-state index in [0.717, 1.165) is 30.2 Å². The monoisotopic (exact) mass is 312 g/mol. The van der Waals surface area contributed by atoms with Gasteiger partial charge in [-0.25, -0.2) is 4.98 Å². The van der Waals surface area contributed by atoms with Gasteiger partial charge in [-0.05, 0) is 25.0 Å². The molecule has 2 aromatic rings. The van der Waals surface area contributed by atoms with Crippen LogP contribution in [0.15, 0.2) is 36.4 Å². The summed E-state index contributed by atoms with van der Waals surface area (Å²) in [6, 6.07) is 10.8. The molecule has 1 aromatic heterocycles. The van der Waals surface area contributed by atoms with E-state index < -0.39 is 11.9 Å². The second kappa shape index (κ2) is 6.77. The Kier molecular flexibility index (Phi) is 4.55. The summed E-state index contributed by atoms with van der Waals surface area (Å²) in [5.41, 5.74) is 1.09. The van der Waals surface area contributed by atoms with E-state index in [1.165, 1.54) is 0 Å². The molecule has 1 aliphatic rings. The molecular weight excluding hydrogens is 292 g/mol. The van der Waals surface area contributed by atoms with Gasteiger partial charge in [-0.2, -0.15) is 0 Å². The fourth-order valence-corrected chi connectivity index (χ4v) is 3.21. The zero-order valence-corrected chi connectivity index (χ0v) is 12.9. The summed E-state index contributed by atoms with van der Waals surface area (Å²) in [6.07, 6.45) is 4.18. The highest BCUT2D eigenvalue weighted by Gasteiger charge is 2.31. The number of amides is 1. The van der Waals surface area contributed by atoms with Gasteiger partial charge < -0.3 is 10.4 Å². The van der Waals surface area contributed by atoms with Gasteiger partial charge in [0.25, 0.3) is 5.91 Å². The molecule has 0 aliphatic heterocycles. The van der Waals surface area contributed by atoms with Gasteiger partial charge >= 0.3 is 5.97 Å². The highest BCUT2D eigenvalue weighted by molar-refractivity contribution is 5.95. The Bertz CT molecular complexity index is 729. The van der Waals surface area contributed by atoms with Crippen molar-refractivity contribution in [1.82, 2.24) is 10.3 Å². The Hall–Kier alpha value is -2.43. The molecular formula is C18H20N2O3. The van der Waals surface area contributed by atoms with E-state index >= 15 is 0 Å². The zero-order chi connectivity index (χ0) is 16.2. The van der Waals surface area contributed by atoms with Crippen LogP contribution in [0.1, 0.15) is 42.6 Å². The van der Waals surface area contributed by atoms with Crippen molar-refractivity contribution in [3.8, 4) is 0 Å². The van der Waals surface area contributed by atoms with Crippen LogP contribution in [0.2, 0.25) is 0 Å². The molecule has 0 bridgehead atoms. The van der Waals surface area contributed by atoms with Crippen molar-refractivity contribution in [3.63, 3.8) is 0 Å². The number of nitrogens with one attached hydrogen (secondary N) is 1. The number of pyridine rings is 1. The lowest BCUT2D eigenvalue weighted by Crippen LogP contribution is -2.43. The zero-order valence-electron chi connectivity index (χ0n) is 12.9. The van der Waals surface area contributed by atoms with E-state index in [0.29, 0.717) is 18.5 Å². The lowest BCUT2D eigenvalue weighted by Gasteiger charge is -2.22. The summed E-state index contributed by atoms with van der Waals surface area (Å²) in [5, 5.41) is 13.3. The minimum absolute atomic E-state index is 0.297. The van der Waals surface area contributed by atoms with Crippen LogP contribution in [-0.4, -0.2) is 28.0 Å². The summed E-state index contributed by atoms with van der Waals surface area (Å²) in [7, 11) is 0. The maximum absolute atomic E-state index is 12.5. The first kappa shape index (κ1) is 15.5. The number of carbonyl (C=O) groups is 2. The largest absolute Gasteiger partial charge is 0.481 e. The topological polar surface area (TPSA) is 79.3 Å². The predicted molar refractivity (Wildman–Crippen MR) is 87.2 cm³/mol. The van der Waals surface area contributed by atoms with Crippen molar-refractivity contribution >= 4 is 22.8 Å². The molecule has 5 nitrogen and oxygen atoms in total. The van der Waals surface area contributed by atoms with Gasteiger partial charge in [0.1, 0.15) is 5.69 Å². The summed E-state index contributed by atoms with van der Waals surface area (Å²) >= 11 is 0. The number of benzene rings is 1. The smallest absolute Gasteiger partial charge is 0.308 e. The maximum Gasteiger partial charge on any atom is 0.308 e. The van der Waals surface area contributed by atoms with Crippen molar-refractivity contribution < 1.29 is 14.7 Å². The van der Waals surface area contributed by atoms with Crippen molar-refractivity contribution in [2.45, 2.75) is 38.1 Å². The first-order valence-corrected chi connectivity index (χ1v) is 8.04. The van der Waals surface area contributed by atoms with Crippen LogP contribution < -0.4 is 5.32 Å². The number of aromatic nitrogens is 1. The second-order valence-corrected chi connectivity index (χ2v) is 6.05. The lowest BCUT2D eigenvalue weighted by atomic mass is 9.95. The van der Waals surface area contributed by atoms with Gasteiger partial charge in [0.2, 0.25) is 0 Å². The van der Waals surface area contributed by atoms with Gasteiger partial charge in [-0.3, -0.25) is 9.59 Å². The van der Waals surface area contributed by atoms with E-state index in [1.807, 2.05) is 30.3 Å². The molecule has 0 unspecified atom stereocenters. The maximum atomic E-state index is 12.5. The number of para-hydroxylation sites is 1. The molecule has 0 saturated heterocycles. The number of hydrogen-bond acceptors (Lipinski definition) is 3. The number of hydrogen-bond donors (Lipinski definition) is 2. The number of fused-ring (bicyclic) bond motifs is 1. The molecule has 1 aromatic carbocycles. The fourth-order valence-electron chi connectivity index (χ4n) is 3.21. The quantitative estimate of drug-likeness (QED) is 0.854. The summed E-state index contributed by atoms with van der Waals surface area (Å²) in [6.45, 7) is 0. The molecule has 1 amide bonds. The van der Waals surface area contributed by atoms with Crippen LogP contribution in [-0.2, 0) is 4.79 Å². The van der Waals surface area contributed by atoms with E-state index in [1.54, 1.807) is 6.07 Å².